The van der Waals surface area contributed by atoms with E-state index in [4.69, 9.17) is 0 Å². The van der Waals surface area contributed by atoms with Crippen LogP contribution in [-0.2, 0) is 6.18 Å². The van der Waals surface area contributed by atoms with E-state index < -0.39 is 29.8 Å². The van der Waals surface area contributed by atoms with Crippen molar-refractivity contribution < 1.29 is 27.8 Å². The van der Waals surface area contributed by atoms with Crippen LogP contribution >= 0.6 is 0 Å². The molecule has 0 radical (unpaired) electrons. The van der Waals surface area contributed by atoms with Gasteiger partial charge in [0.1, 0.15) is 11.9 Å². The molecule has 0 heterocycles. The lowest BCUT2D eigenvalue weighted by atomic mass is 10.0. The highest BCUT2D eigenvalue weighted by molar-refractivity contribution is 5.28. The molecule has 3 N–H and O–H groups in total. The van der Waals surface area contributed by atoms with Crippen molar-refractivity contribution >= 4 is 0 Å². The number of hydrogen-bond donors (Lipinski definition) is 3. The molecule has 0 saturated heterocycles. The number of hydrogen-bond acceptors (Lipinski definition) is 3. The molecule has 102 valence electrons. The SMILES string of the molecule is CNCC(O)C(O)c1cc(F)cc(C(F)(F)F)c1. The molecular weight excluding hydrogens is 254 g/mol. The van der Waals surface area contributed by atoms with Crippen LogP contribution in [0.25, 0.3) is 0 Å². The summed E-state index contributed by atoms with van der Waals surface area (Å²) in [5, 5.41) is 21.6. The maximum absolute atomic E-state index is 13.1. The molecule has 1 aromatic carbocycles. The monoisotopic (exact) mass is 267 g/mol. The van der Waals surface area contributed by atoms with Crippen molar-refractivity contribution in [3.8, 4) is 0 Å². The van der Waals surface area contributed by atoms with Gasteiger partial charge in [0.15, 0.2) is 0 Å². The van der Waals surface area contributed by atoms with Crippen LogP contribution in [0.4, 0.5) is 17.6 Å². The van der Waals surface area contributed by atoms with Gasteiger partial charge in [0.25, 0.3) is 0 Å². The Morgan fingerprint density at radius 1 is 1.22 bits per heavy atom. The molecule has 0 bridgehead atoms. The molecule has 1 rings (SSSR count). The summed E-state index contributed by atoms with van der Waals surface area (Å²) in [6.45, 7) is -0.0287. The Balaban J connectivity index is 3.06. The number of rotatable bonds is 4. The second kappa shape index (κ2) is 5.64. The highest BCUT2D eigenvalue weighted by Crippen LogP contribution is 2.32. The van der Waals surface area contributed by atoms with E-state index in [1.165, 1.54) is 7.05 Å². The van der Waals surface area contributed by atoms with E-state index in [1.54, 1.807) is 0 Å². The van der Waals surface area contributed by atoms with Crippen molar-refractivity contribution in [2.24, 2.45) is 0 Å². The van der Waals surface area contributed by atoms with Crippen LogP contribution in [0, 0.1) is 5.82 Å². The molecule has 0 spiro atoms. The molecule has 1 aromatic rings. The number of alkyl halides is 3. The zero-order chi connectivity index (χ0) is 13.9. The Labute approximate surface area is 101 Å². The van der Waals surface area contributed by atoms with Gasteiger partial charge in [-0.25, -0.2) is 4.39 Å². The standard InChI is InChI=1S/C11H13F4NO2/c1-16-5-9(17)10(18)6-2-7(11(13,14)15)4-8(12)3-6/h2-4,9-10,16-18H,5H2,1H3. The van der Waals surface area contributed by atoms with Crippen LogP contribution in [0.3, 0.4) is 0 Å². The van der Waals surface area contributed by atoms with Crippen LogP contribution in [0.5, 0.6) is 0 Å². The summed E-state index contributed by atoms with van der Waals surface area (Å²) in [6.07, 6.45) is -7.61. The Hall–Kier alpha value is -1.18. The Morgan fingerprint density at radius 3 is 2.33 bits per heavy atom. The zero-order valence-electron chi connectivity index (χ0n) is 9.50. The van der Waals surface area contributed by atoms with E-state index in [0.29, 0.717) is 12.1 Å². The molecule has 0 aliphatic carbocycles. The van der Waals surface area contributed by atoms with Crippen molar-refractivity contribution in [3.05, 3.63) is 35.1 Å². The van der Waals surface area contributed by atoms with Crippen LogP contribution in [0.1, 0.15) is 17.2 Å². The molecule has 0 saturated carbocycles. The third-order valence-corrected chi connectivity index (χ3v) is 2.37. The summed E-state index contributed by atoms with van der Waals surface area (Å²) in [6, 6.07) is 1.71. The average molecular weight is 267 g/mol. The first kappa shape index (κ1) is 14.9. The van der Waals surface area contributed by atoms with E-state index in [9.17, 15) is 27.8 Å². The molecule has 7 heteroatoms. The van der Waals surface area contributed by atoms with Gasteiger partial charge >= 0.3 is 6.18 Å². The number of halogens is 4. The predicted molar refractivity (Wildman–Crippen MR) is 56.3 cm³/mol. The summed E-state index contributed by atoms with van der Waals surface area (Å²) < 4.78 is 50.4. The van der Waals surface area contributed by atoms with Crippen molar-refractivity contribution in [2.45, 2.75) is 18.4 Å². The Bertz CT molecular complexity index is 409. The smallest absolute Gasteiger partial charge is 0.389 e. The molecule has 0 aliphatic rings. The zero-order valence-corrected chi connectivity index (χ0v) is 9.50. The summed E-state index contributed by atoms with van der Waals surface area (Å²) >= 11 is 0. The first-order valence-corrected chi connectivity index (χ1v) is 5.14. The van der Waals surface area contributed by atoms with Gasteiger partial charge in [-0.1, -0.05) is 0 Å². The van der Waals surface area contributed by atoms with Crippen molar-refractivity contribution in [1.82, 2.24) is 5.32 Å². The molecule has 2 unspecified atom stereocenters. The fraction of sp³-hybridized carbons (Fsp3) is 0.455. The van der Waals surface area contributed by atoms with Crippen LogP contribution < -0.4 is 5.32 Å². The highest BCUT2D eigenvalue weighted by atomic mass is 19.4. The van der Waals surface area contributed by atoms with E-state index in [1.807, 2.05) is 0 Å². The van der Waals surface area contributed by atoms with Crippen LogP contribution in [0.2, 0.25) is 0 Å². The van der Waals surface area contributed by atoms with Crippen molar-refractivity contribution in [3.63, 3.8) is 0 Å². The molecule has 18 heavy (non-hydrogen) atoms. The lowest BCUT2D eigenvalue weighted by Gasteiger charge is -2.19. The number of likely N-dealkylation sites (N-methyl/N-ethyl adjacent to an activating group) is 1. The lowest BCUT2D eigenvalue weighted by Crippen LogP contribution is -2.29. The first-order valence-electron chi connectivity index (χ1n) is 5.14. The average Bonchev–Trinajstić information content (AvgIpc) is 2.26. The molecule has 0 aliphatic heterocycles. The number of aliphatic hydroxyl groups excluding tert-OH is 2. The van der Waals surface area contributed by atoms with E-state index in [0.717, 1.165) is 6.07 Å². The van der Waals surface area contributed by atoms with Gasteiger partial charge in [-0.15, -0.1) is 0 Å². The van der Waals surface area contributed by atoms with E-state index in [2.05, 4.69) is 5.32 Å². The van der Waals surface area contributed by atoms with Gasteiger partial charge in [-0.05, 0) is 30.8 Å². The minimum absolute atomic E-state index is 0.0287. The maximum atomic E-state index is 13.1. The largest absolute Gasteiger partial charge is 0.416 e. The van der Waals surface area contributed by atoms with Crippen LogP contribution in [-0.4, -0.2) is 29.9 Å². The number of benzene rings is 1. The van der Waals surface area contributed by atoms with Gasteiger partial charge in [-0.2, -0.15) is 13.2 Å². The lowest BCUT2D eigenvalue weighted by molar-refractivity contribution is -0.137. The second-order valence-electron chi connectivity index (χ2n) is 3.84. The predicted octanol–water partition coefficient (Wildman–Crippen LogP) is 1.46. The van der Waals surface area contributed by atoms with Gasteiger partial charge in [0.2, 0.25) is 0 Å². The Morgan fingerprint density at radius 2 is 1.83 bits per heavy atom. The quantitative estimate of drug-likeness (QED) is 0.724. The molecule has 0 amide bonds. The fourth-order valence-electron chi connectivity index (χ4n) is 1.49. The van der Waals surface area contributed by atoms with Gasteiger partial charge in [-0.3, -0.25) is 0 Å². The van der Waals surface area contributed by atoms with Gasteiger partial charge in [0, 0.05) is 6.54 Å². The van der Waals surface area contributed by atoms with Gasteiger partial charge in [0.05, 0.1) is 11.7 Å². The second-order valence-corrected chi connectivity index (χ2v) is 3.84. The minimum Gasteiger partial charge on any atom is -0.389 e. The first-order chi connectivity index (χ1) is 8.25. The summed E-state index contributed by atoms with van der Waals surface area (Å²) in [5.74, 6) is -1.12. The fourth-order valence-corrected chi connectivity index (χ4v) is 1.49. The molecule has 2 atom stereocenters. The summed E-state index contributed by atoms with van der Waals surface area (Å²) in [7, 11) is 1.50. The molecule has 0 fully saturated rings. The molecule has 3 nitrogen and oxygen atoms in total. The molecular formula is C11H13F4NO2. The summed E-state index contributed by atoms with van der Waals surface area (Å²) in [5.41, 5.74) is -1.52. The normalized spacial score (nSPS) is 15.5. The van der Waals surface area contributed by atoms with Crippen molar-refractivity contribution in [1.29, 1.82) is 0 Å². The van der Waals surface area contributed by atoms with Gasteiger partial charge < -0.3 is 15.5 Å². The third kappa shape index (κ3) is 3.66. The highest BCUT2D eigenvalue weighted by Gasteiger charge is 2.32. The maximum Gasteiger partial charge on any atom is 0.416 e. The molecule has 0 aromatic heterocycles. The minimum atomic E-state index is -4.70. The van der Waals surface area contributed by atoms with E-state index in [-0.39, 0.29) is 12.1 Å². The van der Waals surface area contributed by atoms with Crippen molar-refractivity contribution in [2.75, 3.05) is 13.6 Å². The summed E-state index contributed by atoms with van der Waals surface area (Å²) in [4.78, 5) is 0. The van der Waals surface area contributed by atoms with Crippen LogP contribution in [0.15, 0.2) is 18.2 Å². The topological polar surface area (TPSA) is 52.5 Å². The Kier molecular flexibility index (Phi) is 4.66. The van der Waals surface area contributed by atoms with E-state index >= 15 is 0 Å². The number of aliphatic hydroxyl groups is 2. The third-order valence-electron chi connectivity index (χ3n) is 2.37. The number of nitrogens with one attached hydrogen (secondary N) is 1.